The van der Waals surface area contributed by atoms with Crippen molar-refractivity contribution < 1.29 is 19.2 Å². The van der Waals surface area contributed by atoms with Gasteiger partial charge >= 0.3 is 0 Å². The van der Waals surface area contributed by atoms with E-state index < -0.39 is 38.0 Å². The molecule has 0 spiro atoms. The smallest absolute Gasteiger partial charge is 0.243 e. The van der Waals surface area contributed by atoms with Gasteiger partial charge in [-0.05, 0) is 50.1 Å². The highest BCUT2D eigenvalue weighted by molar-refractivity contribution is 7.03. The van der Waals surface area contributed by atoms with E-state index in [0.717, 1.165) is 15.9 Å². The second-order valence-electron chi connectivity index (χ2n) is 13.7. The number of rotatable bonds is 19. The van der Waals surface area contributed by atoms with Crippen molar-refractivity contribution in [2.24, 2.45) is 17.6 Å². The van der Waals surface area contributed by atoms with Crippen molar-refractivity contribution in [3.8, 4) is 0 Å². The second-order valence-corrected chi connectivity index (χ2v) is 18.1. The molecule has 3 rings (SSSR count). The van der Waals surface area contributed by atoms with E-state index in [4.69, 9.17) is 5.73 Å². The van der Waals surface area contributed by atoms with Crippen LogP contribution in [0.3, 0.4) is 0 Å². The van der Waals surface area contributed by atoms with Gasteiger partial charge in [0, 0.05) is 18.6 Å². The summed E-state index contributed by atoms with van der Waals surface area (Å²) in [6, 6.07) is 28.8. The Hall–Kier alpha value is -4.28. The molecule has 6 N–H and O–H groups in total. The monoisotopic (exact) mass is 699 g/mol. The fourth-order valence-corrected chi connectivity index (χ4v) is 11.4. The number of likely N-dealkylation sites (N-methyl/N-ethyl adjacent to an activating group) is 1. The lowest BCUT2D eigenvalue weighted by molar-refractivity contribution is -0.134. The summed E-state index contributed by atoms with van der Waals surface area (Å²) in [5.41, 5.74) is 8.12. The van der Waals surface area contributed by atoms with Crippen LogP contribution in [0, 0.1) is 11.8 Å². The summed E-state index contributed by atoms with van der Waals surface area (Å²) in [6.07, 6.45) is 1.93. The molecule has 0 aliphatic heterocycles. The number of amides is 4. The molecule has 10 heteroatoms. The number of hydrogen-bond acceptors (Lipinski definition) is 5. The van der Waals surface area contributed by atoms with Crippen LogP contribution in [0.15, 0.2) is 91.0 Å². The Morgan fingerprint density at radius 3 is 1.74 bits per heavy atom. The first-order valence-electron chi connectivity index (χ1n) is 18.0. The topological polar surface area (TPSA) is 142 Å². The number of carbonyl (C=O) groups excluding carboxylic acids is 4. The number of benzene rings is 3. The highest BCUT2D eigenvalue weighted by Crippen LogP contribution is 2.21. The maximum Gasteiger partial charge on any atom is 0.243 e. The zero-order valence-electron chi connectivity index (χ0n) is 30.6. The molecule has 0 saturated heterocycles. The molecule has 0 fully saturated rings. The molecule has 270 valence electrons. The molecular formula is C40H57N5O4Si. The average molecular weight is 700 g/mol. The highest BCUT2D eigenvalue weighted by Gasteiger charge is 2.43. The van der Waals surface area contributed by atoms with E-state index in [2.05, 4.69) is 57.7 Å². The molecule has 3 aromatic carbocycles. The normalized spacial score (nSPS) is 14.5. The van der Waals surface area contributed by atoms with Gasteiger partial charge in [-0.1, -0.05) is 135 Å². The van der Waals surface area contributed by atoms with E-state index in [1.54, 1.807) is 6.92 Å². The first-order chi connectivity index (χ1) is 23.9. The highest BCUT2D eigenvalue weighted by atomic mass is 28.3. The predicted octanol–water partition coefficient (Wildman–Crippen LogP) is 3.45. The van der Waals surface area contributed by atoms with E-state index in [1.165, 1.54) is 0 Å². The maximum absolute atomic E-state index is 13.6. The van der Waals surface area contributed by atoms with Gasteiger partial charge < -0.3 is 27.0 Å². The zero-order valence-corrected chi connectivity index (χ0v) is 31.6. The number of nitrogens with two attached hydrogens (primary N) is 1. The minimum Gasteiger partial charge on any atom is -0.355 e. The van der Waals surface area contributed by atoms with Crippen molar-refractivity contribution in [2.75, 3.05) is 6.54 Å². The Bertz CT molecular complexity index is 1470. The van der Waals surface area contributed by atoms with E-state index in [0.29, 0.717) is 31.9 Å². The Kier molecular flexibility index (Phi) is 15.9. The summed E-state index contributed by atoms with van der Waals surface area (Å²) in [7, 11) is -2.75. The minimum absolute atomic E-state index is 0.174. The SMILES string of the molecule is CCNC(=O)[C@H](CC(C)C)NC(=O)[C@@H](NC(=O)[C@H](C)NC(=O)CC[Si](c1ccccc1)(c1ccccc1)[C@@H](N)Cc1ccccc1)[C@@H](C)CC. The molecule has 0 saturated carbocycles. The summed E-state index contributed by atoms with van der Waals surface area (Å²) < 4.78 is 0. The van der Waals surface area contributed by atoms with Gasteiger partial charge in [0.15, 0.2) is 0 Å². The van der Waals surface area contributed by atoms with Crippen LogP contribution in [0.25, 0.3) is 0 Å². The fourth-order valence-electron chi connectivity index (χ4n) is 6.51. The van der Waals surface area contributed by atoms with Crippen molar-refractivity contribution in [3.05, 3.63) is 96.6 Å². The first-order valence-corrected chi connectivity index (χ1v) is 20.3. The molecule has 50 heavy (non-hydrogen) atoms. The van der Waals surface area contributed by atoms with Crippen molar-refractivity contribution in [3.63, 3.8) is 0 Å². The molecule has 0 unspecified atom stereocenters. The van der Waals surface area contributed by atoms with Crippen LogP contribution in [0.4, 0.5) is 0 Å². The Morgan fingerprint density at radius 2 is 1.24 bits per heavy atom. The van der Waals surface area contributed by atoms with Crippen molar-refractivity contribution >= 4 is 42.1 Å². The number of hydrogen-bond donors (Lipinski definition) is 5. The third-order valence-corrected chi connectivity index (χ3v) is 14.7. The van der Waals surface area contributed by atoms with E-state index in [1.807, 2.05) is 89.2 Å². The van der Waals surface area contributed by atoms with Crippen LogP contribution in [-0.4, -0.2) is 62.0 Å². The van der Waals surface area contributed by atoms with E-state index in [9.17, 15) is 19.2 Å². The van der Waals surface area contributed by atoms with Gasteiger partial charge in [-0.25, -0.2) is 0 Å². The molecule has 4 amide bonds. The second kappa shape index (κ2) is 19.8. The molecule has 0 aromatic heterocycles. The zero-order chi connectivity index (χ0) is 36.7. The third-order valence-electron chi connectivity index (χ3n) is 9.51. The summed E-state index contributed by atoms with van der Waals surface area (Å²) in [5, 5.41) is 13.7. The van der Waals surface area contributed by atoms with Gasteiger partial charge in [0.05, 0.1) is 0 Å². The molecule has 3 aromatic rings. The maximum atomic E-state index is 13.6. The first kappa shape index (κ1) is 40.1. The standard InChI is InChI=1S/C40H57N5O4Si/c1-7-29(5)37(40(49)44-34(26-28(3)4)39(48)42-8-2)45-38(47)30(6)43-36(46)24-25-50(32-20-14-10-15-21-32,33-22-16-11-17-23-33)35(41)27-31-18-12-9-13-19-31/h9-23,28-30,34-35,37H,7-8,24-27,41H2,1-6H3,(H,42,48)(H,43,46)(H,44,49)(H,45,47)/t29-,30-,34-,35+,37-/m0/s1. The van der Waals surface area contributed by atoms with Crippen LogP contribution in [0.1, 0.15) is 66.4 Å². The summed E-state index contributed by atoms with van der Waals surface area (Å²) in [5.74, 6) is -1.43. The third kappa shape index (κ3) is 11.1. The molecule has 0 aliphatic rings. The lowest BCUT2D eigenvalue weighted by Gasteiger charge is -2.38. The Balaban J connectivity index is 1.79. The van der Waals surface area contributed by atoms with Gasteiger partial charge in [-0.15, -0.1) is 0 Å². The lowest BCUT2D eigenvalue weighted by Crippen LogP contribution is -2.70. The van der Waals surface area contributed by atoms with Crippen molar-refractivity contribution in [1.29, 1.82) is 0 Å². The van der Waals surface area contributed by atoms with Crippen LogP contribution < -0.4 is 37.4 Å². The number of carbonyl (C=O) groups is 4. The van der Waals surface area contributed by atoms with Gasteiger partial charge in [0.2, 0.25) is 23.6 Å². The van der Waals surface area contributed by atoms with Crippen LogP contribution in [0.2, 0.25) is 6.04 Å². The van der Waals surface area contributed by atoms with Crippen LogP contribution >= 0.6 is 0 Å². The van der Waals surface area contributed by atoms with Gasteiger partial charge in [-0.2, -0.15) is 0 Å². The average Bonchev–Trinajstić information content (AvgIpc) is 3.11. The Labute approximate surface area is 299 Å². The summed E-state index contributed by atoms with van der Waals surface area (Å²) in [6.45, 7) is 11.7. The minimum atomic E-state index is -2.75. The van der Waals surface area contributed by atoms with Gasteiger partial charge in [0.1, 0.15) is 26.2 Å². The quantitative estimate of drug-likeness (QED) is 0.122. The van der Waals surface area contributed by atoms with Crippen molar-refractivity contribution in [1.82, 2.24) is 21.3 Å². The molecule has 5 atom stereocenters. The summed E-state index contributed by atoms with van der Waals surface area (Å²) >= 11 is 0. The van der Waals surface area contributed by atoms with E-state index in [-0.39, 0.29) is 35.7 Å². The Morgan fingerprint density at radius 1 is 0.700 bits per heavy atom. The van der Waals surface area contributed by atoms with Crippen molar-refractivity contribution in [2.45, 2.75) is 97.1 Å². The van der Waals surface area contributed by atoms with Crippen LogP contribution in [-0.2, 0) is 25.6 Å². The lowest BCUT2D eigenvalue weighted by atomic mass is 9.96. The largest absolute Gasteiger partial charge is 0.355 e. The predicted molar refractivity (Wildman–Crippen MR) is 205 cm³/mol. The van der Waals surface area contributed by atoms with Gasteiger partial charge in [-0.3, -0.25) is 19.2 Å². The van der Waals surface area contributed by atoms with Crippen LogP contribution in [0.5, 0.6) is 0 Å². The van der Waals surface area contributed by atoms with E-state index >= 15 is 0 Å². The summed E-state index contributed by atoms with van der Waals surface area (Å²) in [4.78, 5) is 53.3. The molecule has 0 radical (unpaired) electrons. The fraction of sp³-hybridized carbons (Fsp3) is 0.450. The molecule has 0 bridgehead atoms. The number of nitrogens with one attached hydrogen (secondary N) is 4. The molecular weight excluding hydrogens is 643 g/mol. The molecule has 0 aliphatic carbocycles. The molecule has 9 nitrogen and oxygen atoms in total. The van der Waals surface area contributed by atoms with Gasteiger partial charge in [0.25, 0.3) is 0 Å². The molecule has 0 heterocycles.